The Morgan fingerprint density at radius 3 is 2.87 bits per heavy atom. The van der Waals surface area contributed by atoms with Crippen LogP contribution < -0.4 is 5.73 Å². The Bertz CT molecular complexity index is 420. The van der Waals surface area contributed by atoms with Crippen molar-refractivity contribution in [3.05, 3.63) is 12.0 Å². The number of nitrogens with two attached hydrogens (primary N) is 1. The van der Waals surface area contributed by atoms with Gasteiger partial charge in [-0.1, -0.05) is 19.0 Å². The van der Waals surface area contributed by atoms with Crippen LogP contribution in [0.4, 0.5) is 0 Å². The van der Waals surface area contributed by atoms with Crippen LogP contribution in [0.25, 0.3) is 11.6 Å². The molecule has 15 heavy (non-hydrogen) atoms. The predicted octanol–water partition coefficient (Wildman–Crippen LogP) is 0.510. The number of hydrogen-bond donors (Lipinski definition) is 2. The van der Waals surface area contributed by atoms with Crippen molar-refractivity contribution in [3.8, 4) is 11.6 Å². The summed E-state index contributed by atoms with van der Waals surface area (Å²) in [6.45, 7) is 3.99. The second-order valence-corrected chi connectivity index (χ2v) is 3.58. The summed E-state index contributed by atoms with van der Waals surface area (Å²) < 4.78 is 5.02. The van der Waals surface area contributed by atoms with Gasteiger partial charge in [0.15, 0.2) is 11.5 Å². The molecule has 0 aliphatic carbocycles. The fraction of sp³-hybridized carbons (Fsp3) is 0.500. The maximum atomic E-state index is 5.88. The van der Waals surface area contributed by atoms with Gasteiger partial charge in [0.1, 0.15) is 0 Å². The van der Waals surface area contributed by atoms with Crippen molar-refractivity contribution in [2.75, 3.05) is 0 Å². The van der Waals surface area contributed by atoms with Crippen molar-refractivity contribution in [2.45, 2.75) is 19.9 Å². The third-order valence-corrected chi connectivity index (χ3v) is 2.09. The fourth-order valence-electron chi connectivity index (χ4n) is 1.08. The normalized spacial score (nSPS) is 13.3. The Kier molecular flexibility index (Phi) is 2.46. The molecule has 80 valence electrons. The highest BCUT2D eigenvalue weighted by molar-refractivity contribution is 5.42. The van der Waals surface area contributed by atoms with Gasteiger partial charge in [0, 0.05) is 0 Å². The van der Waals surface area contributed by atoms with Crippen LogP contribution in [0.5, 0.6) is 0 Å². The summed E-state index contributed by atoms with van der Waals surface area (Å²) in [6, 6.07) is -0.227. The first kappa shape index (κ1) is 9.78. The SMILES string of the molecule is CC(C)C(N)c1noc(-c2cn[nH]n2)n1. The first-order chi connectivity index (χ1) is 7.18. The van der Waals surface area contributed by atoms with Crippen molar-refractivity contribution in [1.82, 2.24) is 25.6 Å². The standard InChI is InChI=1S/C8H12N6O/c1-4(2)6(9)7-11-8(15-13-7)5-3-10-14-12-5/h3-4,6H,9H2,1-2H3,(H,10,12,14). The Labute approximate surface area is 86.1 Å². The molecule has 1 unspecified atom stereocenters. The van der Waals surface area contributed by atoms with Crippen LogP contribution in [0.3, 0.4) is 0 Å². The third kappa shape index (κ3) is 1.86. The molecule has 7 nitrogen and oxygen atoms in total. The molecule has 0 bridgehead atoms. The van der Waals surface area contributed by atoms with Crippen LogP contribution in [-0.4, -0.2) is 25.6 Å². The molecule has 0 aliphatic rings. The lowest BCUT2D eigenvalue weighted by Crippen LogP contribution is -2.18. The van der Waals surface area contributed by atoms with Gasteiger partial charge in [-0.05, 0) is 5.92 Å². The molecule has 0 radical (unpaired) electrons. The van der Waals surface area contributed by atoms with Crippen LogP contribution in [0.15, 0.2) is 10.7 Å². The number of aromatic nitrogens is 5. The lowest BCUT2D eigenvalue weighted by atomic mass is 10.1. The monoisotopic (exact) mass is 208 g/mol. The highest BCUT2D eigenvalue weighted by Crippen LogP contribution is 2.19. The van der Waals surface area contributed by atoms with Gasteiger partial charge < -0.3 is 10.3 Å². The van der Waals surface area contributed by atoms with Crippen molar-refractivity contribution < 1.29 is 4.52 Å². The quantitative estimate of drug-likeness (QED) is 0.761. The van der Waals surface area contributed by atoms with Crippen molar-refractivity contribution in [1.29, 1.82) is 0 Å². The van der Waals surface area contributed by atoms with Gasteiger partial charge in [-0.3, -0.25) is 0 Å². The van der Waals surface area contributed by atoms with E-state index in [9.17, 15) is 0 Å². The Balaban J connectivity index is 2.25. The molecule has 1 atom stereocenters. The van der Waals surface area contributed by atoms with E-state index in [1.807, 2.05) is 13.8 Å². The summed E-state index contributed by atoms with van der Waals surface area (Å²) in [5.74, 6) is 1.07. The van der Waals surface area contributed by atoms with E-state index in [4.69, 9.17) is 10.3 Å². The molecule has 0 fully saturated rings. The summed E-state index contributed by atoms with van der Waals surface area (Å²) in [5.41, 5.74) is 6.39. The van der Waals surface area contributed by atoms with Crippen LogP contribution in [0.1, 0.15) is 25.7 Å². The van der Waals surface area contributed by atoms with Crippen LogP contribution in [0, 0.1) is 5.92 Å². The van der Waals surface area contributed by atoms with Gasteiger partial charge in [0.2, 0.25) is 0 Å². The molecule has 2 heterocycles. The molecule has 0 amide bonds. The first-order valence-corrected chi connectivity index (χ1v) is 4.64. The smallest absolute Gasteiger partial charge is 0.280 e. The van der Waals surface area contributed by atoms with E-state index in [-0.39, 0.29) is 12.0 Å². The molecule has 0 aromatic carbocycles. The largest absolute Gasteiger partial charge is 0.332 e. The van der Waals surface area contributed by atoms with Gasteiger partial charge in [-0.25, -0.2) is 0 Å². The fourth-order valence-corrected chi connectivity index (χ4v) is 1.08. The second kappa shape index (κ2) is 3.77. The van der Waals surface area contributed by atoms with Gasteiger partial charge in [0.05, 0.1) is 12.2 Å². The minimum absolute atomic E-state index is 0.227. The maximum Gasteiger partial charge on any atom is 0.280 e. The average molecular weight is 208 g/mol. The predicted molar refractivity (Wildman–Crippen MR) is 51.4 cm³/mol. The van der Waals surface area contributed by atoms with Gasteiger partial charge in [-0.2, -0.15) is 20.4 Å². The Morgan fingerprint density at radius 2 is 2.27 bits per heavy atom. The van der Waals surface area contributed by atoms with Crippen molar-refractivity contribution in [3.63, 3.8) is 0 Å². The minimum Gasteiger partial charge on any atom is -0.332 e. The molecule has 0 saturated carbocycles. The number of H-pyrrole nitrogens is 1. The topological polar surface area (TPSA) is 107 Å². The van der Waals surface area contributed by atoms with E-state index in [2.05, 4.69) is 25.6 Å². The molecule has 0 aliphatic heterocycles. The molecule has 2 aromatic rings. The summed E-state index contributed by atoms with van der Waals surface area (Å²) in [7, 11) is 0. The molecule has 2 rings (SSSR count). The number of hydrogen-bond acceptors (Lipinski definition) is 6. The van der Waals surface area contributed by atoms with E-state index in [0.29, 0.717) is 17.4 Å². The van der Waals surface area contributed by atoms with Crippen molar-refractivity contribution in [2.24, 2.45) is 11.7 Å². The zero-order valence-corrected chi connectivity index (χ0v) is 8.51. The molecule has 3 N–H and O–H groups in total. The van der Waals surface area contributed by atoms with Crippen LogP contribution in [-0.2, 0) is 0 Å². The second-order valence-electron chi connectivity index (χ2n) is 3.58. The molecular formula is C8H12N6O. The lowest BCUT2D eigenvalue weighted by Gasteiger charge is -2.09. The molecule has 0 saturated heterocycles. The Morgan fingerprint density at radius 1 is 1.47 bits per heavy atom. The lowest BCUT2D eigenvalue weighted by molar-refractivity contribution is 0.399. The van der Waals surface area contributed by atoms with E-state index in [0.717, 1.165) is 0 Å². The summed E-state index contributed by atoms with van der Waals surface area (Å²) in [6.07, 6.45) is 1.51. The zero-order valence-electron chi connectivity index (χ0n) is 8.51. The maximum absolute atomic E-state index is 5.88. The highest BCUT2D eigenvalue weighted by Gasteiger charge is 2.18. The number of aromatic amines is 1. The Hall–Kier alpha value is -1.76. The highest BCUT2D eigenvalue weighted by atomic mass is 16.5. The van der Waals surface area contributed by atoms with E-state index < -0.39 is 0 Å². The van der Waals surface area contributed by atoms with Crippen molar-refractivity contribution >= 4 is 0 Å². The van der Waals surface area contributed by atoms with Gasteiger partial charge >= 0.3 is 0 Å². The third-order valence-electron chi connectivity index (χ3n) is 2.09. The molecular weight excluding hydrogens is 196 g/mol. The first-order valence-electron chi connectivity index (χ1n) is 4.64. The molecule has 0 spiro atoms. The minimum atomic E-state index is -0.227. The molecule has 2 aromatic heterocycles. The number of nitrogens with zero attached hydrogens (tertiary/aromatic N) is 4. The van der Waals surface area contributed by atoms with E-state index >= 15 is 0 Å². The average Bonchev–Trinajstić information content (AvgIpc) is 2.86. The van der Waals surface area contributed by atoms with Gasteiger partial charge in [-0.15, -0.1) is 0 Å². The summed E-state index contributed by atoms with van der Waals surface area (Å²) in [5, 5.41) is 13.8. The number of nitrogens with one attached hydrogen (secondary N) is 1. The number of rotatable bonds is 3. The van der Waals surface area contributed by atoms with Crippen LogP contribution in [0.2, 0.25) is 0 Å². The van der Waals surface area contributed by atoms with E-state index in [1.165, 1.54) is 6.20 Å². The van der Waals surface area contributed by atoms with Crippen LogP contribution >= 0.6 is 0 Å². The molecule has 7 heteroatoms. The summed E-state index contributed by atoms with van der Waals surface area (Å²) in [4.78, 5) is 4.15. The summed E-state index contributed by atoms with van der Waals surface area (Å²) >= 11 is 0. The van der Waals surface area contributed by atoms with E-state index in [1.54, 1.807) is 0 Å². The van der Waals surface area contributed by atoms with Gasteiger partial charge in [0.25, 0.3) is 5.89 Å². The zero-order chi connectivity index (χ0) is 10.8.